The molecule has 7 heterocycles. The fourth-order valence-corrected chi connectivity index (χ4v) is 7.53. The number of hydrogen-bond acceptors (Lipinski definition) is 8. The Bertz CT molecular complexity index is 1910. The smallest absolute Gasteiger partial charge is 0.415 e. The van der Waals surface area contributed by atoms with Gasteiger partial charge in [-0.1, -0.05) is 71.6 Å². The fraction of sp³-hybridized carbons (Fsp3) is 0.250. The van der Waals surface area contributed by atoms with Crippen LogP contribution < -0.4 is 20.1 Å². The predicted octanol–water partition coefficient (Wildman–Crippen LogP) is -0.129. The van der Waals surface area contributed by atoms with Crippen molar-refractivity contribution in [3.05, 3.63) is 109 Å². The van der Waals surface area contributed by atoms with Crippen LogP contribution in [0.5, 0.6) is 0 Å². The fourth-order valence-electron chi connectivity index (χ4n) is 7.53. The number of aromatic nitrogens is 2. The van der Waals surface area contributed by atoms with Crippen LogP contribution in [-0.2, 0) is 36.4 Å². The number of ether oxygens (including phenoxy) is 1. The van der Waals surface area contributed by atoms with Crippen molar-refractivity contribution in [3.63, 3.8) is 0 Å². The molecule has 2 aromatic heterocycles. The Labute approximate surface area is 252 Å². The monoisotopic (exact) mass is 592 g/mol. The topological polar surface area (TPSA) is 115 Å². The summed E-state index contributed by atoms with van der Waals surface area (Å²) in [5.41, 5.74) is 3.15. The minimum Gasteiger partial charge on any atom is -0.555 e. The average Bonchev–Trinajstić information content (AvgIpc) is 3.56. The third-order valence-corrected chi connectivity index (χ3v) is 9.56. The molecular weight excluding hydrogens is 562 g/mol. The molecule has 0 saturated carbocycles. The lowest BCUT2D eigenvalue weighted by atomic mass is 9.68. The summed E-state index contributed by atoms with van der Waals surface area (Å²) in [5.74, 6) is 0. The third kappa shape index (κ3) is 3.94. The molecule has 10 rings (SSSR count). The normalized spacial score (nSPS) is 32.3. The Balaban J connectivity index is 1.29. The highest BCUT2D eigenvalue weighted by Crippen LogP contribution is 2.41. The van der Waals surface area contributed by atoms with Crippen LogP contribution in [0.1, 0.15) is 11.1 Å². The Morgan fingerprint density at radius 1 is 0.614 bits per heavy atom. The van der Waals surface area contributed by atoms with Crippen LogP contribution in [0.25, 0.3) is 21.5 Å². The SMILES string of the molecule is OC[C@H]1O[B-]2(O)O[C@@H]3[C@H]4O[B-](O)(O[C@H]4O[C@@H]31)c1ccc[n+](c1)Cc1c3ccccc3c(c3ccccc13)C[n+]1cccc2c1. The second-order valence-electron chi connectivity index (χ2n) is 12.2. The maximum absolute atomic E-state index is 11.9. The van der Waals surface area contributed by atoms with Crippen molar-refractivity contribution in [2.45, 2.75) is 43.8 Å². The third-order valence-electron chi connectivity index (χ3n) is 9.56. The molecule has 0 aliphatic carbocycles. The van der Waals surface area contributed by atoms with Gasteiger partial charge in [0.2, 0.25) is 0 Å². The van der Waals surface area contributed by atoms with Gasteiger partial charge in [-0.2, -0.15) is 0 Å². The molecule has 3 fully saturated rings. The Kier molecular flexibility index (Phi) is 5.85. The molecule has 5 aliphatic rings. The summed E-state index contributed by atoms with van der Waals surface area (Å²) >= 11 is 0. The molecule has 44 heavy (non-hydrogen) atoms. The van der Waals surface area contributed by atoms with E-state index in [1.165, 1.54) is 0 Å². The first-order valence-corrected chi connectivity index (χ1v) is 15.0. The molecule has 0 radical (unpaired) electrons. The van der Waals surface area contributed by atoms with Gasteiger partial charge < -0.3 is 38.5 Å². The van der Waals surface area contributed by atoms with Gasteiger partial charge in [0.15, 0.2) is 25.5 Å². The zero-order chi connectivity index (χ0) is 29.6. The summed E-state index contributed by atoms with van der Waals surface area (Å²) in [6.07, 6.45) is 3.17. The standard InChI is InChI=1S/C32H30B2N2O8/c37-19-28-29-30-31-32(40-29)44-34(39,43-31)21-8-6-14-36(16-21)18-27-24-11-3-1-9-22(24)26(23-10-2-4-12-25(23)27)17-35-13-5-7-20(15-35)33(38,41-28)42-30/h1-16,28-32,37-39H,17-19H2/t28-,29-,30+,31-,32-,33?,34?/m1/s1. The van der Waals surface area contributed by atoms with Crippen LogP contribution in [0.2, 0.25) is 0 Å². The lowest BCUT2D eigenvalue weighted by molar-refractivity contribution is -0.687. The number of pyridine rings is 2. The van der Waals surface area contributed by atoms with Gasteiger partial charge in [0.1, 0.15) is 24.8 Å². The maximum atomic E-state index is 11.9. The highest BCUT2D eigenvalue weighted by molar-refractivity contribution is 6.75. The lowest BCUT2D eigenvalue weighted by Crippen LogP contribution is -2.68. The van der Waals surface area contributed by atoms with Crippen molar-refractivity contribution >= 4 is 46.0 Å². The van der Waals surface area contributed by atoms with E-state index in [-0.39, 0.29) is 0 Å². The molecule has 3 N–H and O–H groups in total. The molecule has 12 heteroatoms. The van der Waals surface area contributed by atoms with Crippen LogP contribution in [0, 0.1) is 0 Å². The second kappa shape index (κ2) is 9.64. The number of aliphatic hydroxyl groups is 1. The van der Waals surface area contributed by atoms with Gasteiger partial charge in [0.05, 0.1) is 24.9 Å². The summed E-state index contributed by atoms with van der Waals surface area (Å²) in [4.78, 5) is 0. The highest BCUT2D eigenvalue weighted by atomic mass is 16.8. The summed E-state index contributed by atoms with van der Waals surface area (Å²) in [7, 11) is 0. The van der Waals surface area contributed by atoms with E-state index < -0.39 is 50.8 Å². The Morgan fingerprint density at radius 3 is 1.64 bits per heavy atom. The molecule has 0 amide bonds. The first-order valence-electron chi connectivity index (χ1n) is 15.0. The summed E-state index contributed by atoms with van der Waals surface area (Å²) in [6.45, 7) is -5.36. The molecule has 2 unspecified atom stereocenters. The zero-order valence-electron chi connectivity index (χ0n) is 23.7. The largest absolute Gasteiger partial charge is 0.555 e. The van der Waals surface area contributed by atoms with E-state index in [4.69, 9.17) is 23.4 Å². The van der Waals surface area contributed by atoms with E-state index in [1.807, 2.05) is 70.3 Å². The maximum Gasteiger partial charge on any atom is 0.415 e. The first kappa shape index (κ1) is 26.7. The minimum absolute atomic E-state index is 0.406. The molecule has 3 saturated heterocycles. The molecule has 5 aliphatic heterocycles. The van der Waals surface area contributed by atoms with Crippen LogP contribution in [-0.4, -0.2) is 66.0 Å². The number of nitrogens with zero attached hydrogens (tertiary/aromatic N) is 2. The van der Waals surface area contributed by atoms with E-state index in [2.05, 4.69) is 24.3 Å². The van der Waals surface area contributed by atoms with Crippen molar-refractivity contribution in [1.82, 2.24) is 0 Å². The molecule has 3 aromatic carbocycles. The van der Waals surface area contributed by atoms with E-state index in [0.29, 0.717) is 24.0 Å². The van der Waals surface area contributed by atoms with Gasteiger partial charge in [0.25, 0.3) is 0 Å². The van der Waals surface area contributed by atoms with Gasteiger partial charge in [0, 0.05) is 11.1 Å². The minimum atomic E-state index is -3.07. The number of hydrogen-bond donors (Lipinski definition) is 3. The molecular formula is C32H30B2N2O8. The first-order chi connectivity index (χ1) is 21.4. The molecule has 7 atom stereocenters. The quantitative estimate of drug-likeness (QED) is 0.140. The molecule has 5 aromatic rings. The molecule has 10 nitrogen and oxygen atoms in total. The van der Waals surface area contributed by atoms with Crippen LogP contribution >= 0.6 is 0 Å². The highest BCUT2D eigenvalue weighted by Gasteiger charge is 2.60. The summed E-state index contributed by atoms with van der Waals surface area (Å²) in [5, 5.41) is 38.4. The van der Waals surface area contributed by atoms with Gasteiger partial charge in [-0.05, 0) is 33.7 Å². The van der Waals surface area contributed by atoms with Gasteiger partial charge in [-0.3, -0.25) is 0 Å². The molecule has 0 spiro atoms. The lowest BCUT2D eigenvalue weighted by Gasteiger charge is -2.50. The van der Waals surface area contributed by atoms with Gasteiger partial charge in [-0.25, -0.2) is 9.13 Å². The van der Waals surface area contributed by atoms with Gasteiger partial charge in [-0.15, -0.1) is 0 Å². The van der Waals surface area contributed by atoms with Crippen molar-refractivity contribution in [1.29, 1.82) is 0 Å². The number of rotatable bonds is 1. The van der Waals surface area contributed by atoms with E-state index in [0.717, 1.165) is 32.7 Å². The van der Waals surface area contributed by atoms with E-state index in [9.17, 15) is 15.2 Å². The summed E-state index contributed by atoms with van der Waals surface area (Å²) in [6, 6.07) is 24.0. The van der Waals surface area contributed by atoms with Crippen molar-refractivity contribution in [3.8, 4) is 0 Å². The van der Waals surface area contributed by atoms with E-state index in [1.54, 1.807) is 12.1 Å². The molecule has 10 bridgehead atoms. The van der Waals surface area contributed by atoms with Crippen molar-refractivity contribution in [2.75, 3.05) is 6.61 Å². The predicted molar refractivity (Wildman–Crippen MR) is 160 cm³/mol. The van der Waals surface area contributed by atoms with Crippen molar-refractivity contribution in [2.24, 2.45) is 0 Å². The second-order valence-corrected chi connectivity index (χ2v) is 12.2. The average molecular weight is 592 g/mol. The van der Waals surface area contributed by atoms with E-state index >= 15 is 0 Å². The van der Waals surface area contributed by atoms with Crippen LogP contribution in [0.15, 0.2) is 97.6 Å². The van der Waals surface area contributed by atoms with Crippen LogP contribution in [0.3, 0.4) is 0 Å². The Morgan fingerprint density at radius 2 is 1.11 bits per heavy atom. The number of aliphatic hydroxyl groups excluding tert-OH is 1. The summed E-state index contributed by atoms with van der Waals surface area (Å²) < 4.78 is 34.7. The van der Waals surface area contributed by atoms with Gasteiger partial charge >= 0.3 is 13.5 Å². The molecule has 222 valence electrons. The van der Waals surface area contributed by atoms with Crippen LogP contribution in [0.4, 0.5) is 0 Å². The van der Waals surface area contributed by atoms with Crippen molar-refractivity contribution < 1.29 is 47.6 Å². The Hall–Kier alpha value is -3.71. The number of benzene rings is 3. The zero-order valence-corrected chi connectivity index (χ0v) is 23.7.